The number of nitrogens with zero attached hydrogens (tertiary/aromatic N) is 1. The molecule has 0 bridgehead atoms. The first-order chi connectivity index (χ1) is 14.6. The number of hydrogen-bond acceptors (Lipinski definition) is 4. The lowest BCUT2D eigenvalue weighted by atomic mass is 10.1. The quantitative estimate of drug-likeness (QED) is 0.234. The lowest BCUT2D eigenvalue weighted by Crippen LogP contribution is -2.41. The molecule has 0 saturated heterocycles. The van der Waals surface area contributed by atoms with Crippen molar-refractivity contribution in [3.05, 3.63) is 65.4 Å². The molecule has 0 unspecified atom stereocenters. The molecule has 0 aliphatic rings. The van der Waals surface area contributed by atoms with E-state index in [1.807, 2.05) is 58.0 Å². The number of para-hydroxylation sites is 1. The molecule has 1 aromatic heterocycles. The number of furan rings is 1. The number of rotatable bonds is 6. The molecule has 0 saturated carbocycles. The molecule has 0 fully saturated rings. The predicted octanol–water partition coefficient (Wildman–Crippen LogP) is 4.30. The third-order valence-electron chi connectivity index (χ3n) is 4.73. The van der Waals surface area contributed by atoms with Crippen molar-refractivity contribution in [3.8, 4) is 0 Å². The summed E-state index contributed by atoms with van der Waals surface area (Å²) < 4.78 is 34.3. The molecule has 0 aliphatic carbocycles. The second-order valence-electron chi connectivity index (χ2n) is 8.39. The van der Waals surface area contributed by atoms with Gasteiger partial charge < -0.3 is 15.1 Å². The van der Waals surface area contributed by atoms with Crippen molar-refractivity contribution in [2.45, 2.75) is 51.2 Å². The van der Waals surface area contributed by atoms with Gasteiger partial charge in [-0.05, 0) is 45.4 Å². The number of nitrogens with one attached hydrogen (secondary N) is 3. The van der Waals surface area contributed by atoms with E-state index in [9.17, 15) is 8.42 Å². The normalized spacial score (nSPS) is 12.5. The third kappa shape index (κ3) is 6.46. The first kappa shape index (κ1) is 26.1. The zero-order valence-corrected chi connectivity index (χ0v) is 22.2. The highest BCUT2D eigenvalue weighted by atomic mass is 127. The maximum atomic E-state index is 12.8. The summed E-state index contributed by atoms with van der Waals surface area (Å²) in [5, 5.41) is 7.51. The minimum absolute atomic E-state index is 0. The molecule has 7 nitrogen and oxygen atoms in total. The van der Waals surface area contributed by atoms with Crippen LogP contribution < -0.4 is 15.4 Å². The highest BCUT2D eigenvalue weighted by Crippen LogP contribution is 2.24. The van der Waals surface area contributed by atoms with Gasteiger partial charge in [-0.25, -0.2) is 13.1 Å². The van der Waals surface area contributed by atoms with Crippen LogP contribution in [0, 0.1) is 6.92 Å². The fourth-order valence-electron chi connectivity index (χ4n) is 3.33. The Balaban J connectivity index is 0.00000363. The molecule has 0 radical (unpaired) electrons. The van der Waals surface area contributed by atoms with E-state index >= 15 is 0 Å². The molecular formula is C23H31IN4O3S. The largest absolute Gasteiger partial charge is 0.459 e. The van der Waals surface area contributed by atoms with E-state index < -0.39 is 15.6 Å². The van der Waals surface area contributed by atoms with Gasteiger partial charge in [0.1, 0.15) is 11.3 Å². The zero-order valence-electron chi connectivity index (χ0n) is 19.0. The van der Waals surface area contributed by atoms with Gasteiger partial charge in [0.25, 0.3) is 0 Å². The van der Waals surface area contributed by atoms with Gasteiger partial charge in [0.2, 0.25) is 10.0 Å². The molecule has 0 amide bonds. The van der Waals surface area contributed by atoms with Crippen LogP contribution in [0.5, 0.6) is 0 Å². The number of guanidine groups is 1. The van der Waals surface area contributed by atoms with Gasteiger partial charge in [-0.2, -0.15) is 0 Å². The Bertz CT molecular complexity index is 1200. The smallest absolute Gasteiger partial charge is 0.241 e. The van der Waals surface area contributed by atoms with Crippen LogP contribution >= 0.6 is 24.0 Å². The van der Waals surface area contributed by atoms with E-state index in [0.29, 0.717) is 24.6 Å². The summed E-state index contributed by atoms with van der Waals surface area (Å²) in [5.74, 6) is 1.39. The van der Waals surface area contributed by atoms with E-state index in [-0.39, 0.29) is 28.9 Å². The molecule has 3 aromatic rings. The number of benzene rings is 2. The lowest BCUT2D eigenvalue weighted by molar-refractivity contribution is 0.491. The van der Waals surface area contributed by atoms with Crippen molar-refractivity contribution in [1.29, 1.82) is 0 Å². The molecule has 0 aliphatic heterocycles. The molecule has 174 valence electrons. The average Bonchev–Trinajstić information content (AvgIpc) is 3.02. The summed E-state index contributed by atoms with van der Waals surface area (Å²) in [6.07, 6.45) is 0. The average molecular weight is 570 g/mol. The van der Waals surface area contributed by atoms with Crippen LogP contribution in [0.25, 0.3) is 11.0 Å². The molecule has 32 heavy (non-hydrogen) atoms. The van der Waals surface area contributed by atoms with E-state index in [2.05, 4.69) is 20.3 Å². The van der Waals surface area contributed by atoms with Crippen LogP contribution in [0.15, 0.2) is 62.8 Å². The first-order valence-corrected chi connectivity index (χ1v) is 11.6. The Hall–Kier alpha value is -2.11. The van der Waals surface area contributed by atoms with Gasteiger partial charge in [-0.3, -0.25) is 4.99 Å². The first-order valence-electron chi connectivity index (χ1n) is 10.1. The molecule has 3 N–H and O–H groups in total. The number of fused-ring (bicyclic) bond motifs is 1. The van der Waals surface area contributed by atoms with Crippen LogP contribution in [-0.4, -0.2) is 27.0 Å². The lowest BCUT2D eigenvalue weighted by Gasteiger charge is -2.22. The van der Waals surface area contributed by atoms with E-state index in [1.54, 1.807) is 25.2 Å². The monoisotopic (exact) mass is 570 g/mol. The van der Waals surface area contributed by atoms with Crippen molar-refractivity contribution in [2.24, 2.45) is 4.99 Å². The summed E-state index contributed by atoms with van der Waals surface area (Å²) in [6, 6.07) is 14.9. The second-order valence-corrected chi connectivity index (χ2v) is 10.0. The number of aryl methyl sites for hydroxylation is 1. The van der Waals surface area contributed by atoms with Gasteiger partial charge in [0.15, 0.2) is 5.96 Å². The fraction of sp³-hybridized carbons (Fsp3) is 0.348. The summed E-state index contributed by atoms with van der Waals surface area (Å²) in [6.45, 7) is 8.25. The summed E-state index contributed by atoms with van der Waals surface area (Å²) in [7, 11) is -1.97. The number of halogens is 1. The third-order valence-corrected chi connectivity index (χ3v) is 6.59. The van der Waals surface area contributed by atoms with Crippen molar-refractivity contribution in [2.75, 3.05) is 7.05 Å². The van der Waals surface area contributed by atoms with Crippen LogP contribution in [0.2, 0.25) is 0 Å². The molecular weight excluding hydrogens is 539 g/mol. The topological polar surface area (TPSA) is 95.7 Å². The van der Waals surface area contributed by atoms with Crippen LogP contribution in [0.4, 0.5) is 0 Å². The van der Waals surface area contributed by atoms with E-state index in [0.717, 1.165) is 22.3 Å². The van der Waals surface area contributed by atoms with Crippen molar-refractivity contribution in [3.63, 3.8) is 0 Å². The van der Waals surface area contributed by atoms with Crippen molar-refractivity contribution in [1.82, 2.24) is 15.4 Å². The highest BCUT2D eigenvalue weighted by Gasteiger charge is 2.24. The van der Waals surface area contributed by atoms with Gasteiger partial charge in [-0.15, -0.1) is 24.0 Å². The zero-order chi connectivity index (χ0) is 22.6. The summed E-state index contributed by atoms with van der Waals surface area (Å²) in [4.78, 5) is 4.49. The van der Waals surface area contributed by atoms with E-state index in [4.69, 9.17) is 4.42 Å². The highest BCUT2D eigenvalue weighted by molar-refractivity contribution is 14.0. The number of hydrogen-bond donors (Lipinski definition) is 3. The summed E-state index contributed by atoms with van der Waals surface area (Å²) >= 11 is 0. The van der Waals surface area contributed by atoms with Crippen LogP contribution in [0.1, 0.15) is 37.7 Å². The predicted molar refractivity (Wildman–Crippen MR) is 140 cm³/mol. The van der Waals surface area contributed by atoms with Gasteiger partial charge >= 0.3 is 0 Å². The Morgan fingerprint density at radius 1 is 1.00 bits per heavy atom. The second kappa shape index (κ2) is 10.7. The molecule has 0 spiro atoms. The Labute approximate surface area is 207 Å². The van der Waals surface area contributed by atoms with Gasteiger partial charge in [-0.1, -0.05) is 36.4 Å². The van der Waals surface area contributed by atoms with Crippen LogP contribution in [0.3, 0.4) is 0 Å². The van der Waals surface area contributed by atoms with Gasteiger partial charge in [0, 0.05) is 30.1 Å². The molecule has 9 heteroatoms. The fourth-order valence-corrected chi connectivity index (χ4v) is 4.99. The number of sulfonamides is 1. The molecule has 2 aromatic carbocycles. The standard InChI is InChI=1S/C23H30N4O3S.HI/c1-16-18-11-7-8-12-19(18)30-20(16)15-26-22(24-5)25-14-17-10-6-9-13-21(17)31(28,29)27-23(2,3)4;/h6-13,27H,14-15H2,1-5H3,(H2,24,25,26);1H. The maximum Gasteiger partial charge on any atom is 0.241 e. The van der Waals surface area contributed by atoms with Crippen LogP contribution in [-0.2, 0) is 23.1 Å². The summed E-state index contributed by atoms with van der Waals surface area (Å²) in [5.41, 5.74) is 2.03. The van der Waals surface area contributed by atoms with Crippen molar-refractivity contribution < 1.29 is 12.8 Å². The SMILES string of the molecule is CN=C(NCc1ccccc1S(=O)(=O)NC(C)(C)C)NCc1oc2ccccc2c1C.I. The minimum Gasteiger partial charge on any atom is -0.459 e. The van der Waals surface area contributed by atoms with Gasteiger partial charge in [0.05, 0.1) is 11.4 Å². The Morgan fingerprint density at radius 3 is 2.28 bits per heavy atom. The molecule has 1 heterocycles. The van der Waals surface area contributed by atoms with Crippen molar-refractivity contribution >= 4 is 50.9 Å². The minimum atomic E-state index is -3.64. The molecule has 0 atom stereocenters. The Morgan fingerprint density at radius 2 is 1.62 bits per heavy atom. The maximum absolute atomic E-state index is 12.8. The van der Waals surface area contributed by atoms with E-state index in [1.165, 1.54) is 0 Å². The Kier molecular flexibility index (Phi) is 8.72. The molecule has 3 rings (SSSR count). The number of aliphatic imine (C=N–C) groups is 1.